The van der Waals surface area contributed by atoms with Crippen molar-refractivity contribution >= 4 is 0 Å². The number of unbranched alkanes of at least 4 members (excludes halogenated alkanes) is 6. The zero-order chi connectivity index (χ0) is 24.0. The third kappa shape index (κ3) is 8.55. The van der Waals surface area contributed by atoms with Crippen LogP contribution in [0.1, 0.15) is 77.2 Å². The van der Waals surface area contributed by atoms with Gasteiger partial charge in [-0.3, -0.25) is 0 Å². The van der Waals surface area contributed by atoms with Crippen LogP contribution in [0.4, 0.5) is 4.39 Å². The molecule has 0 aliphatic heterocycles. The van der Waals surface area contributed by atoms with Crippen LogP contribution in [0, 0.1) is 0 Å². The standard InChI is InChI=1S/C30H39FN2O/c1-3-5-7-8-10-12-28(31)23-34-29-19-17-26(18-20-29)30-32-21-27(22-33-30)25-15-13-24(14-16-25)11-9-6-4-2/h13-22,28H,3-12,23H2,1-2H3. The largest absolute Gasteiger partial charge is 0.491 e. The lowest BCUT2D eigenvalue weighted by atomic mass is 10.0. The molecule has 182 valence electrons. The van der Waals surface area contributed by atoms with E-state index < -0.39 is 6.17 Å². The van der Waals surface area contributed by atoms with Gasteiger partial charge in [-0.25, -0.2) is 14.4 Å². The van der Waals surface area contributed by atoms with Gasteiger partial charge >= 0.3 is 0 Å². The van der Waals surface area contributed by atoms with E-state index in [1.807, 2.05) is 36.7 Å². The van der Waals surface area contributed by atoms with Crippen molar-refractivity contribution in [3.63, 3.8) is 0 Å². The zero-order valence-corrected chi connectivity index (χ0v) is 20.8. The molecule has 4 heteroatoms. The van der Waals surface area contributed by atoms with E-state index in [-0.39, 0.29) is 6.61 Å². The lowest BCUT2D eigenvalue weighted by Crippen LogP contribution is -2.12. The maximum atomic E-state index is 14.1. The van der Waals surface area contributed by atoms with E-state index in [0.717, 1.165) is 36.0 Å². The van der Waals surface area contributed by atoms with Gasteiger partial charge in [-0.1, -0.05) is 83.1 Å². The van der Waals surface area contributed by atoms with Gasteiger partial charge in [0.1, 0.15) is 18.5 Å². The van der Waals surface area contributed by atoms with Gasteiger partial charge in [-0.2, -0.15) is 0 Å². The van der Waals surface area contributed by atoms with Crippen LogP contribution in [0.15, 0.2) is 60.9 Å². The summed E-state index contributed by atoms with van der Waals surface area (Å²) < 4.78 is 19.7. The summed E-state index contributed by atoms with van der Waals surface area (Å²) in [6.07, 6.45) is 14.0. The molecule has 34 heavy (non-hydrogen) atoms. The average Bonchev–Trinajstić information content (AvgIpc) is 2.88. The minimum atomic E-state index is -0.914. The summed E-state index contributed by atoms with van der Waals surface area (Å²) in [6.45, 7) is 4.52. The van der Waals surface area contributed by atoms with Gasteiger partial charge < -0.3 is 4.74 Å². The SMILES string of the molecule is CCCCCCCC(F)COc1ccc(-c2ncc(-c3ccc(CCCCC)cc3)cn2)cc1. The lowest BCUT2D eigenvalue weighted by molar-refractivity contribution is 0.184. The second kappa shape index (κ2) is 14.5. The number of nitrogens with zero attached hydrogens (tertiary/aromatic N) is 2. The topological polar surface area (TPSA) is 35.0 Å². The van der Waals surface area contributed by atoms with Crippen molar-refractivity contribution in [3.8, 4) is 28.3 Å². The molecule has 0 N–H and O–H groups in total. The Hall–Kier alpha value is -2.75. The fraction of sp³-hybridized carbons (Fsp3) is 0.467. The van der Waals surface area contributed by atoms with Gasteiger partial charge in [0.05, 0.1) is 0 Å². The summed E-state index contributed by atoms with van der Waals surface area (Å²) in [5, 5.41) is 0. The normalized spacial score (nSPS) is 12.0. The summed E-state index contributed by atoms with van der Waals surface area (Å²) >= 11 is 0. The van der Waals surface area contributed by atoms with Crippen LogP contribution in [0.5, 0.6) is 5.75 Å². The van der Waals surface area contributed by atoms with Crippen molar-refractivity contribution in [3.05, 3.63) is 66.5 Å². The first-order valence-electron chi connectivity index (χ1n) is 13.0. The fourth-order valence-corrected chi connectivity index (χ4v) is 4.01. The number of hydrogen-bond acceptors (Lipinski definition) is 3. The first-order valence-corrected chi connectivity index (χ1v) is 13.0. The third-order valence-corrected chi connectivity index (χ3v) is 6.17. The molecule has 0 bridgehead atoms. The van der Waals surface area contributed by atoms with Gasteiger partial charge in [0.25, 0.3) is 0 Å². The van der Waals surface area contributed by atoms with E-state index >= 15 is 0 Å². The molecule has 3 nitrogen and oxygen atoms in total. The molecule has 0 spiro atoms. The molecule has 0 amide bonds. The quantitative estimate of drug-likeness (QED) is 0.212. The van der Waals surface area contributed by atoms with Crippen LogP contribution in [0.25, 0.3) is 22.5 Å². The smallest absolute Gasteiger partial charge is 0.159 e. The number of halogens is 1. The van der Waals surface area contributed by atoms with E-state index in [9.17, 15) is 4.39 Å². The molecule has 1 heterocycles. The zero-order valence-electron chi connectivity index (χ0n) is 20.8. The van der Waals surface area contributed by atoms with Crippen LogP contribution < -0.4 is 4.74 Å². The molecule has 1 atom stereocenters. The molecule has 0 aliphatic rings. The molecule has 0 fully saturated rings. The highest BCUT2D eigenvalue weighted by molar-refractivity contribution is 5.64. The predicted molar refractivity (Wildman–Crippen MR) is 140 cm³/mol. The van der Waals surface area contributed by atoms with Crippen LogP contribution >= 0.6 is 0 Å². The van der Waals surface area contributed by atoms with Crippen LogP contribution in [-0.2, 0) is 6.42 Å². The predicted octanol–water partition coefficient (Wildman–Crippen LogP) is 8.62. The molecule has 3 aromatic rings. The third-order valence-electron chi connectivity index (χ3n) is 6.17. The van der Waals surface area contributed by atoms with Gasteiger partial charge in [-0.05, 0) is 54.7 Å². The lowest BCUT2D eigenvalue weighted by Gasteiger charge is -2.11. The Bertz CT molecular complexity index is 939. The van der Waals surface area contributed by atoms with E-state index in [1.54, 1.807) is 0 Å². The molecular weight excluding hydrogens is 423 g/mol. The van der Waals surface area contributed by atoms with Crippen molar-refractivity contribution in [2.75, 3.05) is 6.61 Å². The van der Waals surface area contributed by atoms with Crippen molar-refractivity contribution < 1.29 is 9.13 Å². The number of benzene rings is 2. The summed E-state index contributed by atoms with van der Waals surface area (Å²) in [6, 6.07) is 16.3. The van der Waals surface area contributed by atoms with Gasteiger partial charge in [0, 0.05) is 23.5 Å². The molecule has 1 aromatic heterocycles. The molecular formula is C30H39FN2O. The Balaban J connectivity index is 1.48. The Morgan fingerprint density at radius 1 is 0.706 bits per heavy atom. The molecule has 3 rings (SSSR count). The minimum absolute atomic E-state index is 0.107. The van der Waals surface area contributed by atoms with Crippen molar-refractivity contribution in [2.45, 2.75) is 84.2 Å². The van der Waals surface area contributed by atoms with Crippen LogP contribution in [0.3, 0.4) is 0 Å². The van der Waals surface area contributed by atoms with Crippen molar-refractivity contribution in [1.29, 1.82) is 0 Å². The Kier molecular flexibility index (Phi) is 11.0. The van der Waals surface area contributed by atoms with Crippen LogP contribution in [0.2, 0.25) is 0 Å². The first-order chi connectivity index (χ1) is 16.7. The maximum Gasteiger partial charge on any atom is 0.159 e. The van der Waals surface area contributed by atoms with Crippen LogP contribution in [-0.4, -0.2) is 22.7 Å². The minimum Gasteiger partial charge on any atom is -0.491 e. The highest BCUT2D eigenvalue weighted by Crippen LogP contribution is 2.23. The summed E-state index contributed by atoms with van der Waals surface area (Å²) in [5.74, 6) is 1.34. The number of ether oxygens (including phenoxy) is 1. The highest BCUT2D eigenvalue weighted by atomic mass is 19.1. The van der Waals surface area contributed by atoms with E-state index in [1.165, 1.54) is 44.1 Å². The monoisotopic (exact) mass is 462 g/mol. The molecule has 0 saturated carbocycles. The van der Waals surface area contributed by atoms with Gasteiger partial charge in [-0.15, -0.1) is 0 Å². The number of aryl methyl sites for hydroxylation is 1. The second-order valence-corrected chi connectivity index (χ2v) is 9.08. The average molecular weight is 463 g/mol. The molecule has 0 radical (unpaired) electrons. The Labute approximate surface area is 204 Å². The molecule has 1 unspecified atom stereocenters. The Morgan fingerprint density at radius 2 is 1.32 bits per heavy atom. The van der Waals surface area contributed by atoms with Gasteiger partial charge in [0.15, 0.2) is 5.82 Å². The Morgan fingerprint density at radius 3 is 2.00 bits per heavy atom. The number of rotatable bonds is 15. The van der Waals surface area contributed by atoms with E-state index in [2.05, 4.69) is 48.1 Å². The molecule has 2 aromatic carbocycles. The second-order valence-electron chi connectivity index (χ2n) is 9.08. The maximum absolute atomic E-state index is 14.1. The number of aromatic nitrogens is 2. The van der Waals surface area contributed by atoms with E-state index in [0.29, 0.717) is 18.0 Å². The molecule has 0 saturated heterocycles. The summed E-state index contributed by atoms with van der Waals surface area (Å²) in [4.78, 5) is 9.11. The summed E-state index contributed by atoms with van der Waals surface area (Å²) in [5.41, 5.74) is 4.43. The van der Waals surface area contributed by atoms with E-state index in [4.69, 9.17) is 4.74 Å². The number of hydrogen-bond donors (Lipinski definition) is 0. The van der Waals surface area contributed by atoms with Crippen molar-refractivity contribution in [1.82, 2.24) is 9.97 Å². The van der Waals surface area contributed by atoms with Gasteiger partial charge in [0.2, 0.25) is 0 Å². The fourth-order valence-electron chi connectivity index (χ4n) is 4.01. The number of alkyl halides is 1. The molecule has 0 aliphatic carbocycles. The summed E-state index contributed by atoms with van der Waals surface area (Å²) in [7, 11) is 0. The first kappa shape index (κ1) is 25.9. The highest BCUT2D eigenvalue weighted by Gasteiger charge is 2.08. The van der Waals surface area contributed by atoms with Crippen molar-refractivity contribution in [2.24, 2.45) is 0 Å².